The predicted molar refractivity (Wildman–Crippen MR) is 80.4 cm³/mol. The van der Waals surface area contributed by atoms with Crippen molar-refractivity contribution < 1.29 is 9.59 Å². The Morgan fingerprint density at radius 3 is 2.55 bits per heavy atom. The second-order valence-corrected chi connectivity index (χ2v) is 5.26. The molecule has 0 atom stereocenters. The molecule has 2 rings (SSSR count). The highest BCUT2D eigenvalue weighted by molar-refractivity contribution is 7.17. The zero-order chi connectivity index (χ0) is 14.5. The maximum Gasteiger partial charge on any atom is 0.245 e. The van der Waals surface area contributed by atoms with E-state index >= 15 is 0 Å². The molecule has 0 saturated heterocycles. The lowest BCUT2D eigenvalue weighted by Crippen LogP contribution is -2.21. The van der Waals surface area contributed by atoms with Crippen LogP contribution in [-0.2, 0) is 4.79 Å². The zero-order valence-corrected chi connectivity index (χ0v) is 12.1. The van der Waals surface area contributed by atoms with Crippen LogP contribution in [0.25, 0.3) is 0 Å². The summed E-state index contributed by atoms with van der Waals surface area (Å²) < 4.78 is 0. The first-order chi connectivity index (χ1) is 9.56. The van der Waals surface area contributed by atoms with Gasteiger partial charge in [0.15, 0.2) is 10.9 Å². The van der Waals surface area contributed by atoms with Gasteiger partial charge in [-0.15, -0.1) is 0 Å². The molecule has 2 N–H and O–H groups in total. The fourth-order valence-electron chi connectivity index (χ4n) is 1.68. The molecular weight excluding hydrogens is 274 g/mol. The molecule has 0 unspecified atom stereocenters. The maximum atomic E-state index is 11.8. The van der Waals surface area contributed by atoms with Crippen molar-refractivity contribution in [1.29, 1.82) is 0 Å². The molecule has 1 amide bonds. The topological polar surface area (TPSA) is 71.1 Å². The van der Waals surface area contributed by atoms with Crippen LogP contribution in [0, 0.1) is 6.92 Å². The second kappa shape index (κ2) is 6.29. The summed E-state index contributed by atoms with van der Waals surface area (Å²) in [5.41, 5.74) is 1.52. The molecule has 20 heavy (non-hydrogen) atoms. The fraction of sp³-hybridized carbons (Fsp3) is 0.214. The number of ketones is 1. The van der Waals surface area contributed by atoms with Gasteiger partial charge >= 0.3 is 0 Å². The molecule has 0 aliphatic carbocycles. The smallest absolute Gasteiger partial charge is 0.245 e. The van der Waals surface area contributed by atoms with Crippen LogP contribution in [0.15, 0.2) is 30.3 Å². The number of Topliss-reactive ketones (excluding diaryl/α,β-unsaturated/α-hetero) is 1. The van der Waals surface area contributed by atoms with Gasteiger partial charge in [-0.2, -0.15) is 0 Å². The van der Waals surface area contributed by atoms with Crippen LogP contribution >= 0.6 is 11.3 Å². The number of carbonyl (C=O) groups is 2. The Morgan fingerprint density at radius 1 is 1.25 bits per heavy atom. The van der Waals surface area contributed by atoms with Crippen molar-refractivity contribution in [2.45, 2.75) is 13.8 Å². The number of nitrogens with zero attached hydrogens (tertiary/aromatic N) is 1. The molecule has 0 fully saturated rings. The van der Waals surface area contributed by atoms with Crippen LogP contribution in [0.2, 0.25) is 0 Å². The molecule has 1 aromatic carbocycles. The first-order valence-electron chi connectivity index (χ1n) is 6.13. The van der Waals surface area contributed by atoms with Crippen LogP contribution in [0.1, 0.15) is 22.3 Å². The number of amides is 1. The molecule has 1 aromatic heterocycles. The summed E-state index contributed by atoms with van der Waals surface area (Å²) in [6, 6.07) is 9.46. The van der Waals surface area contributed by atoms with E-state index in [1.54, 1.807) is 6.92 Å². The van der Waals surface area contributed by atoms with E-state index in [2.05, 4.69) is 15.6 Å². The van der Waals surface area contributed by atoms with Gasteiger partial charge in [-0.25, -0.2) is 4.98 Å². The average Bonchev–Trinajstić information content (AvgIpc) is 2.78. The van der Waals surface area contributed by atoms with Crippen LogP contribution in [-0.4, -0.2) is 23.2 Å². The zero-order valence-electron chi connectivity index (χ0n) is 11.3. The molecule has 0 aliphatic heterocycles. The van der Waals surface area contributed by atoms with Crippen molar-refractivity contribution >= 4 is 33.8 Å². The summed E-state index contributed by atoms with van der Waals surface area (Å²) in [6.07, 6.45) is 0. The van der Waals surface area contributed by atoms with Gasteiger partial charge in [0.25, 0.3) is 0 Å². The number of hydrogen-bond acceptors (Lipinski definition) is 5. The largest absolute Gasteiger partial charge is 0.376 e. The number of thiazole rings is 1. The van der Waals surface area contributed by atoms with Crippen LogP contribution < -0.4 is 10.6 Å². The minimum atomic E-state index is -0.197. The van der Waals surface area contributed by atoms with Gasteiger partial charge in [-0.05, 0) is 19.1 Å². The van der Waals surface area contributed by atoms with Crippen molar-refractivity contribution in [1.82, 2.24) is 4.98 Å². The van der Waals surface area contributed by atoms with E-state index in [1.807, 2.05) is 30.3 Å². The molecule has 104 valence electrons. The number of carbonyl (C=O) groups excluding carboxylic acids is 2. The van der Waals surface area contributed by atoms with E-state index in [4.69, 9.17) is 0 Å². The van der Waals surface area contributed by atoms with E-state index in [0.29, 0.717) is 15.7 Å². The molecule has 6 heteroatoms. The summed E-state index contributed by atoms with van der Waals surface area (Å²) in [7, 11) is 0. The van der Waals surface area contributed by atoms with Crippen LogP contribution in [0.3, 0.4) is 0 Å². The minimum absolute atomic E-state index is 0.0390. The molecule has 0 radical (unpaired) electrons. The molecule has 0 spiro atoms. The Labute approximate surface area is 121 Å². The van der Waals surface area contributed by atoms with Gasteiger partial charge in [0.05, 0.1) is 17.1 Å². The monoisotopic (exact) mass is 289 g/mol. The highest BCUT2D eigenvalue weighted by atomic mass is 32.1. The number of anilines is 2. The lowest BCUT2D eigenvalue weighted by molar-refractivity contribution is -0.114. The van der Waals surface area contributed by atoms with Gasteiger partial charge in [0.2, 0.25) is 5.91 Å². The van der Waals surface area contributed by atoms with E-state index in [-0.39, 0.29) is 18.2 Å². The Balaban J connectivity index is 1.92. The quantitative estimate of drug-likeness (QED) is 0.830. The lowest BCUT2D eigenvalue weighted by Gasteiger charge is -2.05. The van der Waals surface area contributed by atoms with Crippen molar-refractivity contribution in [3.8, 4) is 0 Å². The third kappa shape index (κ3) is 3.64. The van der Waals surface area contributed by atoms with E-state index in [9.17, 15) is 9.59 Å². The SMILES string of the molecule is CC(=O)c1sc(NC(=O)CNc2ccccc2)nc1C. The number of aryl methyl sites for hydroxylation is 1. The van der Waals surface area contributed by atoms with Crippen molar-refractivity contribution in [2.24, 2.45) is 0 Å². The van der Waals surface area contributed by atoms with Crippen molar-refractivity contribution in [2.75, 3.05) is 17.2 Å². The number of para-hydroxylation sites is 1. The highest BCUT2D eigenvalue weighted by Crippen LogP contribution is 2.22. The van der Waals surface area contributed by atoms with Crippen molar-refractivity contribution in [3.63, 3.8) is 0 Å². The number of benzene rings is 1. The Hall–Kier alpha value is -2.21. The summed E-state index contributed by atoms with van der Waals surface area (Å²) in [5.74, 6) is -0.236. The van der Waals surface area contributed by atoms with Crippen LogP contribution in [0.4, 0.5) is 10.8 Å². The molecule has 1 heterocycles. The van der Waals surface area contributed by atoms with E-state index in [1.165, 1.54) is 18.3 Å². The third-order valence-electron chi connectivity index (χ3n) is 2.59. The highest BCUT2D eigenvalue weighted by Gasteiger charge is 2.13. The number of nitrogens with one attached hydrogen (secondary N) is 2. The number of rotatable bonds is 5. The summed E-state index contributed by atoms with van der Waals surface area (Å²) in [6.45, 7) is 3.40. The lowest BCUT2D eigenvalue weighted by atomic mass is 10.3. The van der Waals surface area contributed by atoms with Gasteiger partial charge in [-0.3, -0.25) is 9.59 Å². The second-order valence-electron chi connectivity index (χ2n) is 4.26. The van der Waals surface area contributed by atoms with Gasteiger partial charge in [0.1, 0.15) is 0 Å². The average molecular weight is 289 g/mol. The summed E-state index contributed by atoms with van der Waals surface area (Å²) >= 11 is 1.20. The Kier molecular flexibility index (Phi) is 4.47. The van der Waals surface area contributed by atoms with Gasteiger partial charge < -0.3 is 10.6 Å². The molecule has 0 bridgehead atoms. The molecule has 2 aromatic rings. The third-order valence-corrected chi connectivity index (χ3v) is 3.76. The van der Waals surface area contributed by atoms with Gasteiger partial charge in [0, 0.05) is 12.6 Å². The molecule has 5 nitrogen and oxygen atoms in total. The predicted octanol–water partition coefficient (Wildman–Crippen LogP) is 2.70. The summed E-state index contributed by atoms with van der Waals surface area (Å²) in [4.78, 5) is 27.9. The van der Waals surface area contributed by atoms with Crippen LogP contribution in [0.5, 0.6) is 0 Å². The normalized spacial score (nSPS) is 10.1. The van der Waals surface area contributed by atoms with E-state index < -0.39 is 0 Å². The Bertz CT molecular complexity index is 623. The Morgan fingerprint density at radius 2 is 1.95 bits per heavy atom. The van der Waals surface area contributed by atoms with Gasteiger partial charge in [-0.1, -0.05) is 29.5 Å². The minimum Gasteiger partial charge on any atom is -0.376 e. The maximum absolute atomic E-state index is 11.8. The molecule has 0 saturated carbocycles. The van der Waals surface area contributed by atoms with Crippen molar-refractivity contribution in [3.05, 3.63) is 40.9 Å². The number of hydrogen-bond donors (Lipinski definition) is 2. The summed E-state index contributed by atoms with van der Waals surface area (Å²) in [5, 5.41) is 6.14. The molecule has 0 aliphatic rings. The first kappa shape index (κ1) is 14.2. The number of aromatic nitrogens is 1. The van der Waals surface area contributed by atoms with E-state index in [0.717, 1.165) is 5.69 Å². The first-order valence-corrected chi connectivity index (χ1v) is 6.95. The fourth-order valence-corrected chi connectivity index (χ4v) is 2.56. The molecular formula is C14H15N3O2S. The standard InChI is InChI=1S/C14H15N3O2S/c1-9-13(10(2)18)20-14(16-9)17-12(19)8-15-11-6-4-3-5-7-11/h3-7,15H,8H2,1-2H3,(H,16,17,19).